The third kappa shape index (κ3) is 2.66. The number of nitrogens with zero attached hydrogens (tertiary/aromatic N) is 1. The van der Waals surface area contributed by atoms with Crippen LogP contribution in [0.5, 0.6) is 0 Å². The predicted octanol–water partition coefficient (Wildman–Crippen LogP) is 5.16. The number of amides is 1. The molecule has 2 aromatic heterocycles. The van der Waals surface area contributed by atoms with E-state index in [1.165, 1.54) is 34.4 Å². The van der Waals surface area contributed by atoms with Crippen LogP contribution >= 0.6 is 11.3 Å². The van der Waals surface area contributed by atoms with Gasteiger partial charge in [-0.25, -0.2) is 4.39 Å². The number of nitrogens with one attached hydrogen (secondary N) is 1. The number of hydrogen-bond donors (Lipinski definition) is 1. The first-order valence-electron chi connectivity index (χ1n) is 8.90. The van der Waals surface area contributed by atoms with Crippen LogP contribution in [0.2, 0.25) is 0 Å². The summed E-state index contributed by atoms with van der Waals surface area (Å²) in [5.74, 6) is -0.267. The lowest BCUT2D eigenvalue weighted by Crippen LogP contribution is -2.40. The molecule has 2 aromatic carbocycles. The summed E-state index contributed by atoms with van der Waals surface area (Å²) in [7, 11) is 0. The molecule has 1 amide bonds. The second-order valence-electron chi connectivity index (χ2n) is 6.78. The first-order chi connectivity index (χ1) is 13.2. The van der Waals surface area contributed by atoms with Gasteiger partial charge in [-0.05, 0) is 47.2 Å². The Kier molecular flexibility index (Phi) is 3.83. The Morgan fingerprint density at radius 1 is 1.11 bits per heavy atom. The first kappa shape index (κ1) is 16.3. The topological polar surface area (TPSA) is 36.1 Å². The van der Waals surface area contributed by atoms with Crippen LogP contribution in [0, 0.1) is 5.82 Å². The molecule has 0 spiro atoms. The number of aromatic nitrogens is 1. The molecule has 0 aliphatic carbocycles. The Hall–Kier alpha value is -2.92. The van der Waals surface area contributed by atoms with Gasteiger partial charge in [0.1, 0.15) is 5.82 Å². The zero-order chi connectivity index (χ0) is 18.4. The Balaban J connectivity index is 1.68. The van der Waals surface area contributed by atoms with Crippen molar-refractivity contribution in [3.8, 4) is 0 Å². The summed E-state index contributed by atoms with van der Waals surface area (Å²) in [5, 5.41) is 4.99. The Morgan fingerprint density at radius 2 is 1.93 bits per heavy atom. The van der Waals surface area contributed by atoms with Crippen molar-refractivity contribution in [3.63, 3.8) is 0 Å². The van der Waals surface area contributed by atoms with Gasteiger partial charge in [0.25, 0.3) is 5.91 Å². The number of carbonyl (C=O) groups excluding carboxylic acids is 1. The number of H-pyrrole nitrogens is 1. The van der Waals surface area contributed by atoms with Crippen LogP contribution < -0.4 is 0 Å². The quantitative estimate of drug-likeness (QED) is 0.516. The number of benzene rings is 2. The van der Waals surface area contributed by atoms with Gasteiger partial charge in [0.2, 0.25) is 0 Å². The van der Waals surface area contributed by atoms with E-state index < -0.39 is 0 Å². The number of fused-ring (bicyclic) bond motifs is 3. The van der Waals surface area contributed by atoms with E-state index in [4.69, 9.17) is 0 Å². The Labute approximate surface area is 160 Å². The Morgan fingerprint density at radius 3 is 2.70 bits per heavy atom. The largest absolute Gasteiger partial charge is 0.356 e. The van der Waals surface area contributed by atoms with E-state index >= 15 is 0 Å². The second kappa shape index (κ2) is 6.35. The zero-order valence-corrected chi connectivity index (χ0v) is 15.3. The molecule has 5 rings (SSSR count). The van der Waals surface area contributed by atoms with E-state index in [-0.39, 0.29) is 17.8 Å². The summed E-state index contributed by atoms with van der Waals surface area (Å²) in [5.41, 5.74) is 4.95. The van der Waals surface area contributed by atoms with Gasteiger partial charge in [0.05, 0.1) is 11.6 Å². The SMILES string of the molecule is O=C(c1ccsc1)N1CCc2c([nH]c3ccccc23)C1c1ccc(F)cc1. The van der Waals surface area contributed by atoms with E-state index in [0.29, 0.717) is 12.1 Å². The smallest absolute Gasteiger partial charge is 0.255 e. The minimum atomic E-state index is -0.276. The van der Waals surface area contributed by atoms with Crippen LogP contribution in [0.1, 0.15) is 33.2 Å². The zero-order valence-electron chi connectivity index (χ0n) is 14.5. The standard InChI is InChI=1S/C22H17FN2OS/c23-16-7-5-14(6-8-16)21-20-18(17-3-1-2-4-19(17)24-20)9-11-25(21)22(26)15-10-12-27-13-15/h1-8,10,12-13,21,24H,9,11H2. The summed E-state index contributed by atoms with van der Waals surface area (Å²) >= 11 is 1.52. The molecule has 4 aromatic rings. The molecule has 0 radical (unpaired) electrons. The lowest BCUT2D eigenvalue weighted by Gasteiger charge is -2.36. The minimum Gasteiger partial charge on any atom is -0.356 e. The maximum atomic E-state index is 13.5. The summed E-state index contributed by atoms with van der Waals surface area (Å²) < 4.78 is 13.5. The second-order valence-corrected chi connectivity index (χ2v) is 7.56. The molecule has 3 nitrogen and oxygen atoms in total. The van der Waals surface area contributed by atoms with Crippen molar-refractivity contribution in [3.05, 3.63) is 93.6 Å². The minimum absolute atomic E-state index is 0.00915. The predicted molar refractivity (Wildman–Crippen MR) is 106 cm³/mol. The van der Waals surface area contributed by atoms with Crippen molar-refractivity contribution in [1.29, 1.82) is 0 Å². The van der Waals surface area contributed by atoms with E-state index in [2.05, 4.69) is 17.1 Å². The summed E-state index contributed by atoms with van der Waals surface area (Å²) in [6.07, 6.45) is 0.799. The molecule has 0 fully saturated rings. The molecular formula is C22H17FN2OS. The normalized spacial score (nSPS) is 16.5. The van der Waals surface area contributed by atoms with Gasteiger partial charge in [-0.1, -0.05) is 30.3 Å². The summed E-state index contributed by atoms with van der Waals surface area (Å²) in [4.78, 5) is 18.6. The molecular weight excluding hydrogens is 359 g/mol. The van der Waals surface area contributed by atoms with E-state index in [9.17, 15) is 9.18 Å². The average Bonchev–Trinajstić information content (AvgIpc) is 3.35. The number of thiophene rings is 1. The van der Waals surface area contributed by atoms with Crippen LogP contribution in [-0.4, -0.2) is 22.3 Å². The fraction of sp³-hybridized carbons (Fsp3) is 0.136. The fourth-order valence-electron chi connectivity index (χ4n) is 4.00. The molecule has 5 heteroatoms. The number of hydrogen-bond acceptors (Lipinski definition) is 2. The van der Waals surface area contributed by atoms with Crippen molar-refractivity contribution in [2.75, 3.05) is 6.54 Å². The molecule has 0 saturated carbocycles. The van der Waals surface area contributed by atoms with Crippen molar-refractivity contribution in [2.24, 2.45) is 0 Å². The van der Waals surface area contributed by atoms with Gasteiger partial charge in [-0.3, -0.25) is 4.79 Å². The van der Waals surface area contributed by atoms with Crippen LogP contribution in [0.25, 0.3) is 10.9 Å². The van der Waals surface area contributed by atoms with Crippen molar-refractivity contribution < 1.29 is 9.18 Å². The highest BCUT2D eigenvalue weighted by molar-refractivity contribution is 7.08. The van der Waals surface area contributed by atoms with Gasteiger partial charge in [-0.2, -0.15) is 11.3 Å². The van der Waals surface area contributed by atoms with Crippen LogP contribution in [0.3, 0.4) is 0 Å². The molecule has 1 aliphatic heterocycles. The molecule has 1 N–H and O–H groups in total. The molecule has 0 bridgehead atoms. The third-order valence-corrected chi connectivity index (χ3v) is 5.93. The van der Waals surface area contributed by atoms with Gasteiger partial charge in [0, 0.05) is 28.5 Å². The molecule has 1 aliphatic rings. The lowest BCUT2D eigenvalue weighted by atomic mass is 9.92. The van der Waals surface area contributed by atoms with Crippen molar-refractivity contribution >= 4 is 28.1 Å². The monoisotopic (exact) mass is 376 g/mol. The highest BCUT2D eigenvalue weighted by atomic mass is 32.1. The highest BCUT2D eigenvalue weighted by Gasteiger charge is 2.35. The van der Waals surface area contributed by atoms with Gasteiger partial charge < -0.3 is 9.88 Å². The van der Waals surface area contributed by atoms with Crippen LogP contribution in [0.4, 0.5) is 4.39 Å². The fourth-order valence-corrected chi connectivity index (χ4v) is 4.63. The third-order valence-electron chi connectivity index (χ3n) is 5.25. The van der Waals surface area contributed by atoms with E-state index in [1.54, 1.807) is 12.1 Å². The molecule has 3 heterocycles. The molecule has 134 valence electrons. The van der Waals surface area contributed by atoms with E-state index in [1.807, 2.05) is 33.9 Å². The number of halogens is 1. The average molecular weight is 376 g/mol. The molecule has 1 unspecified atom stereocenters. The Bertz CT molecular complexity index is 1120. The van der Waals surface area contributed by atoms with Gasteiger partial charge in [-0.15, -0.1) is 0 Å². The van der Waals surface area contributed by atoms with Crippen LogP contribution in [0.15, 0.2) is 65.4 Å². The van der Waals surface area contributed by atoms with Gasteiger partial charge in [0.15, 0.2) is 0 Å². The summed E-state index contributed by atoms with van der Waals surface area (Å²) in [6, 6.07) is 16.3. The maximum Gasteiger partial charge on any atom is 0.255 e. The van der Waals surface area contributed by atoms with Gasteiger partial charge >= 0.3 is 0 Å². The number of aromatic amines is 1. The lowest BCUT2D eigenvalue weighted by molar-refractivity contribution is 0.0692. The molecule has 1 atom stereocenters. The highest BCUT2D eigenvalue weighted by Crippen LogP contribution is 2.39. The van der Waals surface area contributed by atoms with Crippen molar-refractivity contribution in [1.82, 2.24) is 9.88 Å². The summed E-state index contributed by atoms with van der Waals surface area (Å²) in [6.45, 7) is 0.631. The molecule has 0 saturated heterocycles. The van der Waals surface area contributed by atoms with Crippen LogP contribution in [-0.2, 0) is 6.42 Å². The number of carbonyl (C=O) groups is 1. The maximum absolute atomic E-state index is 13.5. The number of rotatable bonds is 2. The van der Waals surface area contributed by atoms with E-state index in [0.717, 1.165) is 23.2 Å². The number of para-hydroxylation sites is 1. The van der Waals surface area contributed by atoms with Crippen molar-refractivity contribution in [2.45, 2.75) is 12.5 Å². The molecule has 27 heavy (non-hydrogen) atoms. The first-order valence-corrected chi connectivity index (χ1v) is 9.85.